The fourth-order valence-corrected chi connectivity index (χ4v) is 5.00. The fraction of sp³-hybridized carbons (Fsp3) is 0.526. The predicted octanol–water partition coefficient (Wildman–Crippen LogP) is 2.24. The summed E-state index contributed by atoms with van der Waals surface area (Å²) in [4.78, 5) is 33.2. The Labute approximate surface area is 157 Å². The van der Waals surface area contributed by atoms with Crippen LogP contribution in [0.3, 0.4) is 0 Å². The molecule has 1 aromatic carbocycles. The zero-order valence-electron chi connectivity index (χ0n) is 14.8. The van der Waals surface area contributed by atoms with Crippen LogP contribution in [0.1, 0.15) is 25.7 Å². The molecule has 3 heterocycles. The van der Waals surface area contributed by atoms with Gasteiger partial charge in [0, 0.05) is 32.1 Å². The van der Waals surface area contributed by atoms with Gasteiger partial charge in [-0.2, -0.15) is 0 Å². The van der Waals surface area contributed by atoms with Crippen LogP contribution in [0.25, 0.3) is 10.2 Å². The molecule has 1 atom stereocenters. The van der Waals surface area contributed by atoms with E-state index in [-0.39, 0.29) is 23.7 Å². The predicted molar refractivity (Wildman–Crippen MR) is 103 cm³/mol. The lowest BCUT2D eigenvalue weighted by molar-refractivity contribution is -0.139. The van der Waals surface area contributed by atoms with E-state index in [1.54, 1.807) is 11.3 Å². The Kier molecular flexibility index (Phi) is 4.80. The van der Waals surface area contributed by atoms with E-state index < -0.39 is 0 Å². The second kappa shape index (κ2) is 7.23. The lowest BCUT2D eigenvalue weighted by Gasteiger charge is -2.37. The molecule has 0 unspecified atom stereocenters. The summed E-state index contributed by atoms with van der Waals surface area (Å²) in [6, 6.07) is 8.18. The molecule has 26 heavy (non-hydrogen) atoms. The van der Waals surface area contributed by atoms with E-state index >= 15 is 0 Å². The minimum atomic E-state index is -0.284. The van der Waals surface area contributed by atoms with Crippen LogP contribution in [0.15, 0.2) is 24.3 Å². The molecular formula is C19H24N4O2S. The minimum absolute atomic E-state index is 0.0484. The second-order valence-corrected chi connectivity index (χ2v) is 8.26. The molecule has 4 rings (SSSR count). The standard InChI is InChI=1S/C19H24N4O2S/c20-17(24)14-4-3-9-23(12-14)18(25)13-7-10-22(11-8-13)19-21-15-5-1-2-6-16(15)26-19/h1-2,5-6,13-14H,3-4,7-12H2,(H2,20,24)/t14-/m0/s1. The zero-order valence-corrected chi connectivity index (χ0v) is 15.6. The number of primary amides is 1. The van der Waals surface area contributed by atoms with Gasteiger partial charge in [-0.05, 0) is 37.8 Å². The number of anilines is 1. The van der Waals surface area contributed by atoms with Gasteiger partial charge >= 0.3 is 0 Å². The number of fused-ring (bicyclic) bond motifs is 1. The Morgan fingerprint density at radius 1 is 1.08 bits per heavy atom. The van der Waals surface area contributed by atoms with E-state index in [1.807, 2.05) is 23.1 Å². The van der Waals surface area contributed by atoms with Crippen LogP contribution in [0.4, 0.5) is 5.13 Å². The number of amides is 2. The van der Waals surface area contributed by atoms with Gasteiger partial charge in [-0.15, -0.1) is 0 Å². The molecule has 2 aliphatic heterocycles. The number of likely N-dealkylation sites (tertiary alicyclic amines) is 1. The van der Waals surface area contributed by atoms with Crippen LogP contribution in [0.2, 0.25) is 0 Å². The van der Waals surface area contributed by atoms with Crippen molar-refractivity contribution in [3.8, 4) is 0 Å². The summed E-state index contributed by atoms with van der Waals surface area (Å²) >= 11 is 1.71. The number of hydrogen-bond donors (Lipinski definition) is 1. The Balaban J connectivity index is 1.37. The van der Waals surface area contributed by atoms with Gasteiger partial charge in [-0.3, -0.25) is 9.59 Å². The average molecular weight is 372 g/mol. The number of nitrogens with zero attached hydrogens (tertiary/aromatic N) is 3. The third-order valence-corrected chi connectivity index (χ3v) is 6.63. The molecule has 2 amide bonds. The quantitative estimate of drug-likeness (QED) is 0.896. The molecule has 6 nitrogen and oxygen atoms in total. The van der Waals surface area contributed by atoms with E-state index in [1.165, 1.54) is 4.70 Å². The molecule has 2 saturated heterocycles. The number of carbonyl (C=O) groups excluding carboxylic acids is 2. The molecule has 138 valence electrons. The van der Waals surface area contributed by atoms with E-state index in [4.69, 9.17) is 10.7 Å². The zero-order chi connectivity index (χ0) is 18.1. The largest absolute Gasteiger partial charge is 0.369 e. The lowest BCUT2D eigenvalue weighted by atomic mass is 9.92. The summed E-state index contributed by atoms with van der Waals surface area (Å²) in [6.07, 6.45) is 3.35. The maximum absolute atomic E-state index is 12.8. The summed E-state index contributed by atoms with van der Waals surface area (Å²) in [5.41, 5.74) is 6.47. The third-order valence-electron chi connectivity index (χ3n) is 5.53. The van der Waals surface area contributed by atoms with Crippen LogP contribution in [0, 0.1) is 11.8 Å². The van der Waals surface area contributed by atoms with Crippen molar-refractivity contribution in [2.45, 2.75) is 25.7 Å². The van der Waals surface area contributed by atoms with Crippen LogP contribution in [-0.2, 0) is 9.59 Å². The first-order valence-electron chi connectivity index (χ1n) is 9.30. The Morgan fingerprint density at radius 3 is 2.58 bits per heavy atom. The Bertz CT molecular complexity index is 780. The molecule has 1 aromatic heterocycles. The van der Waals surface area contributed by atoms with E-state index in [2.05, 4.69) is 11.0 Å². The lowest BCUT2D eigenvalue weighted by Crippen LogP contribution is -2.48. The second-order valence-electron chi connectivity index (χ2n) is 7.25. The van der Waals surface area contributed by atoms with Gasteiger partial charge in [-0.1, -0.05) is 23.5 Å². The van der Waals surface area contributed by atoms with Gasteiger partial charge in [0.15, 0.2) is 5.13 Å². The molecule has 0 radical (unpaired) electrons. The van der Waals surface area contributed by atoms with E-state index in [9.17, 15) is 9.59 Å². The highest BCUT2D eigenvalue weighted by Gasteiger charge is 2.33. The average Bonchev–Trinajstić information content (AvgIpc) is 3.12. The van der Waals surface area contributed by atoms with Gasteiger partial charge in [0.05, 0.1) is 16.1 Å². The molecule has 2 aromatic rings. The Hall–Kier alpha value is -2.15. The number of carbonyl (C=O) groups is 2. The van der Waals surface area contributed by atoms with Gasteiger partial charge in [0.2, 0.25) is 11.8 Å². The smallest absolute Gasteiger partial charge is 0.225 e. The maximum atomic E-state index is 12.8. The highest BCUT2D eigenvalue weighted by Crippen LogP contribution is 2.32. The molecule has 2 fully saturated rings. The van der Waals surface area contributed by atoms with E-state index in [0.29, 0.717) is 6.54 Å². The first kappa shape index (κ1) is 17.3. The van der Waals surface area contributed by atoms with Crippen molar-refractivity contribution >= 4 is 38.5 Å². The molecule has 2 N–H and O–H groups in total. The molecule has 2 aliphatic rings. The summed E-state index contributed by atoms with van der Waals surface area (Å²) in [5, 5.41) is 1.05. The SMILES string of the molecule is NC(=O)[C@H]1CCCN(C(=O)C2CCN(c3nc4ccccc4s3)CC2)C1. The Morgan fingerprint density at radius 2 is 1.85 bits per heavy atom. The molecule has 0 spiro atoms. The van der Waals surface area contributed by atoms with Crippen molar-refractivity contribution < 1.29 is 9.59 Å². The molecule has 0 aliphatic carbocycles. The summed E-state index contributed by atoms with van der Waals surface area (Å²) in [5.74, 6) is -0.226. The van der Waals surface area contributed by atoms with Crippen LogP contribution in [0.5, 0.6) is 0 Å². The number of aromatic nitrogens is 1. The molecule has 7 heteroatoms. The van der Waals surface area contributed by atoms with Gasteiger partial charge < -0.3 is 15.5 Å². The number of hydrogen-bond acceptors (Lipinski definition) is 5. The molecule has 0 bridgehead atoms. The number of benzene rings is 1. The highest BCUT2D eigenvalue weighted by atomic mass is 32.1. The van der Waals surface area contributed by atoms with Crippen LogP contribution in [-0.4, -0.2) is 47.9 Å². The minimum Gasteiger partial charge on any atom is -0.369 e. The number of nitrogens with two attached hydrogens (primary N) is 1. The van der Waals surface area contributed by atoms with Gasteiger partial charge in [0.25, 0.3) is 0 Å². The number of para-hydroxylation sites is 1. The van der Waals surface area contributed by atoms with Gasteiger partial charge in [0.1, 0.15) is 0 Å². The normalized spacial score (nSPS) is 21.9. The monoisotopic (exact) mass is 372 g/mol. The van der Waals surface area contributed by atoms with E-state index in [0.717, 1.165) is 56.0 Å². The van der Waals surface area contributed by atoms with Crippen molar-refractivity contribution in [2.75, 3.05) is 31.1 Å². The van der Waals surface area contributed by atoms with Crippen molar-refractivity contribution in [1.82, 2.24) is 9.88 Å². The number of piperidine rings is 2. The highest BCUT2D eigenvalue weighted by molar-refractivity contribution is 7.22. The first-order valence-corrected chi connectivity index (χ1v) is 10.1. The number of thiazole rings is 1. The summed E-state index contributed by atoms with van der Waals surface area (Å²) in [7, 11) is 0. The van der Waals surface area contributed by atoms with Crippen LogP contribution >= 0.6 is 11.3 Å². The van der Waals surface area contributed by atoms with Crippen molar-refractivity contribution in [3.05, 3.63) is 24.3 Å². The fourth-order valence-electron chi connectivity index (χ4n) is 3.98. The van der Waals surface area contributed by atoms with Crippen molar-refractivity contribution in [1.29, 1.82) is 0 Å². The first-order chi connectivity index (χ1) is 12.6. The van der Waals surface area contributed by atoms with Crippen molar-refractivity contribution in [2.24, 2.45) is 17.6 Å². The topological polar surface area (TPSA) is 79.5 Å². The molecular weight excluding hydrogens is 348 g/mol. The summed E-state index contributed by atoms with van der Waals surface area (Å²) < 4.78 is 1.20. The van der Waals surface area contributed by atoms with Gasteiger partial charge in [-0.25, -0.2) is 4.98 Å². The van der Waals surface area contributed by atoms with Crippen molar-refractivity contribution in [3.63, 3.8) is 0 Å². The molecule has 0 saturated carbocycles. The maximum Gasteiger partial charge on any atom is 0.225 e. The third kappa shape index (κ3) is 3.40. The summed E-state index contributed by atoms with van der Waals surface area (Å²) in [6.45, 7) is 2.94. The van der Waals surface area contributed by atoms with Crippen LogP contribution < -0.4 is 10.6 Å². The number of rotatable bonds is 3.